The van der Waals surface area contributed by atoms with E-state index in [0.29, 0.717) is 29.1 Å². The molecule has 1 atom stereocenters. The van der Waals surface area contributed by atoms with Crippen LogP contribution in [0.2, 0.25) is 5.02 Å². The summed E-state index contributed by atoms with van der Waals surface area (Å²) < 4.78 is 11.6. The molecule has 2 aromatic rings. The number of amides is 2. The fourth-order valence-electron chi connectivity index (χ4n) is 4.82. The van der Waals surface area contributed by atoms with Gasteiger partial charge in [0.25, 0.3) is 0 Å². The number of urea groups is 1. The molecule has 1 aliphatic carbocycles. The van der Waals surface area contributed by atoms with E-state index in [9.17, 15) is 4.79 Å². The van der Waals surface area contributed by atoms with Gasteiger partial charge in [-0.25, -0.2) is 9.78 Å². The van der Waals surface area contributed by atoms with Crippen LogP contribution in [0.25, 0.3) is 11.1 Å². The van der Waals surface area contributed by atoms with E-state index in [1.54, 1.807) is 6.07 Å². The van der Waals surface area contributed by atoms with Crippen LogP contribution in [0.1, 0.15) is 50.0 Å². The molecule has 3 N–H and O–H groups in total. The first-order chi connectivity index (χ1) is 13.6. The maximum absolute atomic E-state index is 12.3. The molecule has 0 unspecified atom stereocenters. The van der Waals surface area contributed by atoms with Crippen LogP contribution < -0.4 is 16.0 Å². The first-order valence-electron chi connectivity index (χ1n) is 10.1. The number of hydrogen-bond acceptors (Lipinski definition) is 5. The quantitative estimate of drug-likeness (QED) is 0.719. The van der Waals surface area contributed by atoms with Crippen molar-refractivity contribution in [1.29, 1.82) is 0 Å². The smallest absolute Gasteiger partial charge is 0.319 e. The summed E-state index contributed by atoms with van der Waals surface area (Å²) in [5, 5.41) is 9.99. The predicted octanol–water partition coefficient (Wildman–Crippen LogP) is 3.90. The Morgan fingerprint density at radius 1 is 1.32 bits per heavy atom. The number of nitrogens with one attached hydrogen (secondary N) is 3. The molecule has 28 heavy (non-hydrogen) atoms. The lowest BCUT2D eigenvalue weighted by molar-refractivity contribution is 0.185. The van der Waals surface area contributed by atoms with Gasteiger partial charge < -0.3 is 25.1 Å². The molecule has 2 fully saturated rings. The summed E-state index contributed by atoms with van der Waals surface area (Å²) in [6, 6.07) is 1.59. The fourth-order valence-corrected chi connectivity index (χ4v) is 5.06. The van der Waals surface area contributed by atoms with Crippen molar-refractivity contribution in [2.75, 3.05) is 25.1 Å². The van der Waals surface area contributed by atoms with Crippen LogP contribution in [0.3, 0.4) is 0 Å². The van der Waals surface area contributed by atoms with Gasteiger partial charge in [0, 0.05) is 18.7 Å². The molecule has 5 rings (SSSR count). The highest BCUT2D eigenvalue weighted by molar-refractivity contribution is 6.35. The lowest BCUT2D eigenvalue weighted by atomic mass is 9.74. The maximum Gasteiger partial charge on any atom is 0.319 e. The topological polar surface area (TPSA) is 88.4 Å². The van der Waals surface area contributed by atoms with Gasteiger partial charge in [0.2, 0.25) is 5.89 Å². The number of benzene rings is 1. The summed E-state index contributed by atoms with van der Waals surface area (Å²) in [5.74, 6) is 1.19. The number of oxazole rings is 1. The van der Waals surface area contributed by atoms with E-state index in [4.69, 9.17) is 20.8 Å². The van der Waals surface area contributed by atoms with Gasteiger partial charge in [0.05, 0.1) is 29.4 Å². The summed E-state index contributed by atoms with van der Waals surface area (Å²) in [7, 11) is 0. The van der Waals surface area contributed by atoms with E-state index in [1.807, 2.05) is 0 Å². The summed E-state index contributed by atoms with van der Waals surface area (Å²) in [4.78, 5) is 17.0. The Bertz CT molecular complexity index is 900. The number of carbonyl (C=O) groups is 1. The van der Waals surface area contributed by atoms with Crippen molar-refractivity contribution in [3.63, 3.8) is 0 Å². The molecule has 7 nitrogen and oxygen atoms in total. The maximum atomic E-state index is 12.3. The molecule has 1 saturated heterocycles. The van der Waals surface area contributed by atoms with Gasteiger partial charge in [-0.1, -0.05) is 30.9 Å². The molecular weight excluding hydrogens is 380 g/mol. The van der Waals surface area contributed by atoms with Gasteiger partial charge in [0.15, 0.2) is 5.58 Å². The zero-order valence-electron chi connectivity index (χ0n) is 15.8. The molecule has 1 spiro atoms. The van der Waals surface area contributed by atoms with Crippen molar-refractivity contribution in [1.82, 2.24) is 15.6 Å². The van der Waals surface area contributed by atoms with Crippen molar-refractivity contribution >= 4 is 34.4 Å². The van der Waals surface area contributed by atoms with Crippen molar-refractivity contribution in [3.8, 4) is 0 Å². The number of rotatable bonds is 4. The lowest BCUT2D eigenvalue weighted by Crippen LogP contribution is -2.52. The number of fused-ring (bicyclic) bond motifs is 4. The number of anilines is 1. The van der Waals surface area contributed by atoms with Crippen LogP contribution >= 0.6 is 11.6 Å². The number of aromatic nitrogens is 1. The van der Waals surface area contributed by atoms with Crippen LogP contribution in [0.5, 0.6) is 0 Å². The standard InChI is InChI=1S/C20H25ClN4O3/c21-13-8-14-18(28-15(23-14)10-22-9-12-4-7-27-11-12)16-17(13)24-19(26)25-20(16)5-2-1-3-6-20/h8,12,22H,1-7,9-11H2,(H2,24,25,26)/t12-/m1/s1. The van der Waals surface area contributed by atoms with Crippen LogP contribution in [0.4, 0.5) is 10.5 Å². The first kappa shape index (κ1) is 18.2. The molecular formula is C20H25ClN4O3. The van der Waals surface area contributed by atoms with Crippen LogP contribution in [0.15, 0.2) is 10.5 Å². The average Bonchev–Trinajstić information content (AvgIpc) is 3.32. The third-order valence-electron chi connectivity index (χ3n) is 6.19. The third kappa shape index (κ3) is 3.15. The highest BCUT2D eigenvalue weighted by Gasteiger charge is 2.44. The Morgan fingerprint density at radius 2 is 2.18 bits per heavy atom. The average molecular weight is 405 g/mol. The molecule has 150 valence electrons. The molecule has 0 bridgehead atoms. The molecule has 3 heterocycles. The number of carbonyl (C=O) groups excluding carboxylic acids is 1. The van der Waals surface area contributed by atoms with Crippen molar-refractivity contribution < 1.29 is 13.9 Å². The minimum absolute atomic E-state index is 0.198. The fraction of sp³-hybridized carbons (Fsp3) is 0.600. The van der Waals surface area contributed by atoms with Crippen LogP contribution in [-0.2, 0) is 16.8 Å². The van der Waals surface area contributed by atoms with Gasteiger partial charge >= 0.3 is 6.03 Å². The van der Waals surface area contributed by atoms with E-state index in [2.05, 4.69) is 20.9 Å². The highest BCUT2D eigenvalue weighted by Crippen LogP contribution is 2.48. The number of hydrogen-bond donors (Lipinski definition) is 3. The van der Waals surface area contributed by atoms with Crippen LogP contribution in [-0.4, -0.2) is 30.8 Å². The second kappa shape index (κ2) is 7.21. The van der Waals surface area contributed by atoms with Gasteiger partial charge in [-0.05, 0) is 31.2 Å². The van der Waals surface area contributed by atoms with E-state index >= 15 is 0 Å². The number of nitrogens with zero attached hydrogens (tertiary/aromatic N) is 1. The molecule has 0 radical (unpaired) electrons. The van der Waals surface area contributed by atoms with E-state index < -0.39 is 5.54 Å². The third-order valence-corrected chi connectivity index (χ3v) is 6.49. The molecule has 8 heteroatoms. The second-order valence-corrected chi connectivity index (χ2v) is 8.55. The van der Waals surface area contributed by atoms with Gasteiger partial charge in [-0.15, -0.1) is 0 Å². The lowest BCUT2D eigenvalue weighted by Gasteiger charge is -2.42. The molecule has 2 aliphatic heterocycles. The Balaban J connectivity index is 1.49. The minimum atomic E-state index is -0.426. The van der Waals surface area contributed by atoms with E-state index in [0.717, 1.165) is 68.5 Å². The Morgan fingerprint density at radius 3 is 2.96 bits per heavy atom. The zero-order valence-corrected chi connectivity index (χ0v) is 16.5. The molecule has 1 aromatic carbocycles. The van der Waals surface area contributed by atoms with Gasteiger partial charge in [-0.2, -0.15) is 0 Å². The molecule has 3 aliphatic rings. The summed E-state index contributed by atoms with van der Waals surface area (Å²) in [5.41, 5.74) is 2.67. The van der Waals surface area contributed by atoms with E-state index in [1.165, 1.54) is 6.42 Å². The largest absolute Gasteiger partial charge is 0.439 e. The second-order valence-electron chi connectivity index (χ2n) is 8.15. The normalized spacial score (nSPS) is 23.6. The highest BCUT2D eigenvalue weighted by atomic mass is 35.5. The van der Waals surface area contributed by atoms with Gasteiger partial charge in [-0.3, -0.25) is 0 Å². The Kier molecular flexibility index (Phi) is 4.69. The van der Waals surface area contributed by atoms with Crippen molar-refractivity contribution in [2.45, 2.75) is 50.6 Å². The SMILES string of the molecule is O=C1Nc2c(Cl)cc3nc(CNC[C@H]4CCOC4)oc3c2C2(CCCCC2)N1. The minimum Gasteiger partial charge on any atom is -0.439 e. The molecule has 1 aromatic heterocycles. The summed E-state index contributed by atoms with van der Waals surface area (Å²) in [6.45, 7) is 3.11. The molecule has 2 amide bonds. The van der Waals surface area contributed by atoms with Crippen molar-refractivity contribution in [2.24, 2.45) is 5.92 Å². The summed E-state index contributed by atoms with van der Waals surface area (Å²) >= 11 is 6.53. The number of ether oxygens (including phenoxy) is 1. The first-order valence-corrected chi connectivity index (χ1v) is 10.5. The summed E-state index contributed by atoms with van der Waals surface area (Å²) in [6.07, 6.45) is 6.19. The predicted molar refractivity (Wildman–Crippen MR) is 107 cm³/mol. The van der Waals surface area contributed by atoms with Crippen LogP contribution in [0, 0.1) is 5.92 Å². The zero-order chi connectivity index (χ0) is 19.1. The number of halogens is 1. The Labute approximate surface area is 168 Å². The van der Waals surface area contributed by atoms with E-state index in [-0.39, 0.29) is 6.03 Å². The molecule has 1 saturated carbocycles. The van der Waals surface area contributed by atoms with Gasteiger partial charge in [0.1, 0.15) is 5.52 Å². The van der Waals surface area contributed by atoms with Crippen molar-refractivity contribution in [3.05, 3.63) is 22.5 Å². The Hall–Kier alpha value is -1.83. The monoisotopic (exact) mass is 404 g/mol.